The standard InChI is InChI=1S/C21H26N6O2/c1-14-12-15(2)27(26-14)20-13-19(24-17(4)25-20)22-10-11-23-21(28)16(3)29-18-8-6-5-7-9-18/h5-9,12-13,16H,10-11H2,1-4H3,(H,23,28)(H,22,24,25). The molecule has 0 bridgehead atoms. The highest BCUT2D eigenvalue weighted by atomic mass is 16.5. The van der Waals surface area contributed by atoms with Crippen LogP contribution in [0.15, 0.2) is 42.5 Å². The van der Waals surface area contributed by atoms with E-state index >= 15 is 0 Å². The Labute approximate surface area is 170 Å². The molecule has 2 N–H and O–H groups in total. The number of nitrogens with zero attached hydrogens (tertiary/aromatic N) is 4. The molecule has 1 unspecified atom stereocenters. The van der Waals surface area contributed by atoms with Gasteiger partial charge >= 0.3 is 0 Å². The fourth-order valence-corrected chi connectivity index (χ4v) is 2.89. The lowest BCUT2D eigenvalue weighted by Crippen LogP contribution is -2.38. The molecule has 0 saturated heterocycles. The van der Waals surface area contributed by atoms with Crippen LogP contribution in [0.25, 0.3) is 5.82 Å². The summed E-state index contributed by atoms with van der Waals surface area (Å²) < 4.78 is 7.41. The highest BCUT2D eigenvalue weighted by molar-refractivity contribution is 5.80. The minimum Gasteiger partial charge on any atom is -0.481 e. The fraction of sp³-hybridized carbons (Fsp3) is 0.333. The summed E-state index contributed by atoms with van der Waals surface area (Å²) in [5, 5.41) is 10.5. The monoisotopic (exact) mass is 394 g/mol. The minimum atomic E-state index is -0.573. The fourth-order valence-electron chi connectivity index (χ4n) is 2.89. The van der Waals surface area contributed by atoms with Crippen molar-refractivity contribution in [3.05, 3.63) is 59.7 Å². The van der Waals surface area contributed by atoms with E-state index in [1.54, 1.807) is 11.6 Å². The highest BCUT2D eigenvalue weighted by Gasteiger charge is 2.14. The van der Waals surface area contributed by atoms with E-state index in [0.29, 0.717) is 36.3 Å². The molecule has 1 aromatic carbocycles. The Morgan fingerprint density at radius 2 is 1.86 bits per heavy atom. The first-order valence-corrected chi connectivity index (χ1v) is 9.55. The molecule has 152 valence electrons. The summed E-state index contributed by atoms with van der Waals surface area (Å²) in [5.41, 5.74) is 1.94. The van der Waals surface area contributed by atoms with E-state index in [4.69, 9.17) is 4.74 Å². The lowest BCUT2D eigenvalue weighted by molar-refractivity contribution is -0.127. The van der Waals surface area contributed by atoms with E-state index in [2.05, 4.69) is 25.7 Å². The predicted octanol–water partition coefficient (Wildman–Crippen LogP) is 2.58. The van der Waals surface area contributed by atoms with Crippen molar-refractivity contribution in [3.63, 3.8) is 0 Å². The number of aryl methyl sites for hydroxylation is 3. The zero-order valence-corrected chi connectivity index (χ0v) is 17.1. The Morgan fingerprint density at radius 3 is 2.55 bits per heavy atom. The van der Waals surface area contributed by atoms with Crippen molar-refractivity contribution in [3.8, 4) is 11.6 Å². The minimum absolute atomic E-state index is 0.169. The van der Waals surface area contributed by atoms with Gasteiger partial charge in [-0.15, -0.1) is 0 Å². The van der Waals surface area contributed by atoms with Crippen LogP contribution in [0, 0.1) is 20.8 Å². The molecule has 29 heavy (non-hydrogen) atoms. The van der Waals surface area contributed by atoms with Gasteiger partial charge in [-0.05, 0) is 45.9 Å². The van der Waals surface area contributed by atoms with E-state index < -0.39 is 6.10 Å². The number of ether oxygens (including phenoxy) is 1. The summed E-state index contributed by atoms with van der Waals surface area (Å²) in [4.78, 5) is 21.1. The number of benzene rings is 1. The van der Waals surface area contributed by atoms with Crippen LogP contribution in [0.1, 0.15) is 24.1 Å². The van der Waals surface area contributed by atoms with Gasteiger partial charge in [0.1, 0.15) is 17.4 Å². The van der Waals surface area contributed by atoms with Gasteiger partial charge in [-0.25, -0.2) is 14.6 Å². The smallest absolute Gasteiger partial charge is 0.260 e. The second-order valence-electron chi connectivity index (χ2n) is 6.79. The average molecular weight is 394 g/mol. The molecular weight excluding hydrogens is 368 g/mol. The van der Waals surface area contributed by atoms with Gasteiger partial charge in [0.05, 0.1) is 5.69 Å². The molecule has 3 rings (SSSR count). The topological polar surface area (TPSA) is 94.0 Å². The zero-order chi connectivity index (χ0) is 20.8. The van der Waals surface area contributed by atoms with Gasteiger partial charge in [-0.2, -0.15) is 5.10 Å². The third kappa shape index (κ3) is 5.54. The quantitative estimate of drug-likeness (QED) is 0.571. The summed E-state index contributed by atoms with van der Waals surface area (Å²) in [6, 6.07) is 13.1. The Bertz CT molecular complexity index is 971. The molecule has 0 saturated carbocycles. The summed E-state index contributed by atoms with van der Waals surface area (Å²) in [6.07, 6.45) is -0.573. The van der Waals surface area contributed by atoms with Crippen molar-refractivity contribution in [2.24, 2.45) is 0 Å². The lowest BCUT2D eigenvalue weighted by Gasteiger charge is -2.15. The molecule has 0 aliphatic rings. The highest BCUT2D eigenvalue weighted by Crippen LogP contribution is 2.14. The lowest BCUT2D eigenvalue weighted by atomic mass is 10.3. The summed E-state index contributed by atoms with van der Waals surface area (Å²) in [7, 11) is 0. The predicted molar refractivity (Wildman–Crippen MR) is 111 cm³/mol. The third-order valence-electron chi connectivity index (χ3n) is 4.21. The van der Waals surface area contributed by atoms with Gasteiger partial charge in [0.15, 0.2) is 11.9 Å². The van der Waals surface area contributed by atoms with Crippen molar-refractivity contribution in [2.75, 3.05) is 18.4 Å². The van der Waals surface area contributed by atoms with E-state index in [0.717, 1.165) is 11.4 Å². The van der Waals surface area contributed by atoms with Crippen LogP contribution < -0.4 is 15.4 Å². The number of hydrogen-bond acceptors (Lipinski definition) is 6. The second-order valence-corrected chi connectivity index (χ2v) is 6.79. The van der Waals surface area contributed by atoms with Crippen LogP contribution in [-0.4, -0.2) is 44.8 Å². The maximum Gasteiger partial charge on any atom is 0.260 e. The number of para-hydroxylation sites is 1. The SMILES string of the molecule is Cc1cc(C)n(-c2cc(NCCNC(=O)C(C)Oc3ccccc3)nc(C)n2)n1. The van der Waals surface area contributed by atoms with Gasteiger partial charge in [0, 0.05) is 24.8 Å². The number of amides is 1. The Kier molecular flexibility index (Phi) is 6.43. The van der Waals surface area contributed by atoms with E-state index in [1.807, 2.05) is 63.2 Å². The number of carbonyl (C=O) groups excluding carboxylic acids is 1. The molecule has 2 aromatic heterocycles. The molecule has 1 atom stereocenters. The van der Waals surface area contributed by atoms with Gasteiger partial charge < -0.3 is 15.4 Å². The first-order chi connectivity index (χ1) is 13.9. The average Bonchev–Trinajstić information content (AvgIpc) is 3.03. The van der Waals surface area contributed by atoms with Gasteiger partial charge in [0.2, 0.25) is 0 Å². The molecular formula is C21H26N6O2. The molecule has 0 spiro atoms. The molecule has 1 amide bonds. The first kappa shape index (κ1) is 20.3. The van der Waals surface area contributed by atoms with Crippen LogP contribution >= 0.6 is 0 Å². The maximum absolute atomic E-state index is 12.2. The van der Waals surface area contributed by atoms with Crippen LogP contribution in [0.2, 0.25) is 0 Å². The molecule has 8 nitrogen and oxygen atoms in total. The second kappa shape index (κ2) is 9.18. The van der Waals surface area contributed by atoms with E-state index in [9.17, 15) is 4.79 Å². The molecule has 0 aliphatic heterocycles. The normalized spacial score (nSPS) is 11.7. The Morgan fingerprint density at radius 1 is 1.10 bits per heavy atom. The van der Waals surface area contributed by atoms with Crippen LogP contribution in [0.4, 0.5) is 5.82 Å². The first-order valence-electron chi connectivity index (χ1n) is 9.55. The summed E-state index contributed by atoms with van der Waals surface area (Å²) in [6.45, 7) is 8.46. The molecule has 0 radical (unpaired) electrons. The maximum atomic E-state index is 12.2. The van der Waals surface area contributed by atoms with E-state index in [-0.39, 0.29) is 5.91 Å². The molecule has 8 heteroatoms. The molecule has 0 fully saturated rings. The largest absolute Gasteiger partial charge is 0.481 e. The molecule has 3 aromatic rings. The van der Waals surface area contributed by atoms with Gasteiger partial charge in [-0.1, -0.05) is 18.2 Å². The summed E-state index contributed by atoms with van der Waals surface area (Å²) >= 11 is 0. The Hall–Kier alpha value is -3.42. The number of nitrogens with one attached hydrogen (secondary N) is 2. The van der Waals surface area contributed by atoms with Crippen LogP contribution in [0.5, 0.6) is 5.75 Å². The van der Waals surface area contributed by atoms with E-state index in [1.165, 1.54) is 0 Å². The Balaban J connectivity index is 1.51. The van der Waals surface area contributed by atoms with Gasteiger partial charge in [0.25, 0.3) is 5.91 Å². The third-order valence-corrected chi connectivity index (χ3v) is 4.21. The van der Waals surface area contributed by atoms with Crippen molar-refractivity contribution >= 4 is 11.7 Å². The molecule has 0 aliphatic carbocycles. The van der Waals surface area contributed by atoms with Crippen molar-refractivity contribution < 1.29 is 9.53 Å². The van der Waals surface area contributed by atoms with Crippen molar-refractivity contribution in [2.45, 2.75) is 33.8 Å². The number of hydrogen-bond donors (Lipinski definition) is 2. The summed E-state index contributed by atoms with van der Waals surface area (Å²) in [5.74, 6) is 2.54. The number of rotatable bonds is 8. The zero-order valence-electron chi connectivity index (χ0n) is 17.1. The molecule has 2 heterocycles. The van der Waals surface area contributed by atoms with Crippen LogP contribution in [-0.2, 0) is 4.79 Å². The van der Waals surface area contributed by atoms with Crippen LogP contribution in [0.3, 0.4) is 0 Å². The number of aromatic nitrogens is 4. The van der Waals surface area contributed by atoms with Crippen molar-refractivity contribution in [1.82, 2.24) is 25.1 Å². The van der Waals surface area contributed by atoms with Gasteiger partial charge in [-0.3, -0.25) is 4.79 Å². The number of anilines is 1. The van der Waals surface area contributed by atoms with Crippen molar-refractivity contribution in [1.29, 1.82) is 0 Å². The number of carbonyl (C=O) groups is 1.